The zero-order chi connectivity index (χ0) is 18.7. The van der Waals surface area contributed by atoms with Gasteiger partial charge in [0.25, 0.3) is 0 Å². The van der Waals surface area contributed by atoms with E-state index in [1.54, 1.807) is 6.07 Å². The Kier molecular flexibility index (Phi) is 3.50. The van der Waals surface area contributed by atoms with Crippen LogP contribution in [0.5, 0.6) is 0 Å². The molecule has 0 spiro atoms. The van der Waals surface area contributed by atoms with Crippen LogP contribution >= 0.6 is 0 Å². The van der Waals surface area contributed by atoms with Crippen molar-refractivity contribution >= 4 is 28.2 Å². The lowest BCUT2D eigenvalue weighted by molar-refractivity contribution is -0.116. The summed E-state index contributed by atoms with van der Waals surface area (Å²) in [5, 5.41) is 11.9. The van der Waals surface area contributed by atoms with Gasteiger partial charge < -0.3 is 10.6 Å². The molecule has 5 nitrogen and oxygen atoms in total. The highest BCUT2D eigenvalue weighted by Crippen LogP contribution is 2.44. The van der Waals surface area contributed by atoms with E-state index in [0.717, 1.165) is 27.7 Å². The molecule has 1 atom stereocenters. The Morgan fingerprint density at radius 3 is 2.78 bits per heavy atom. The van der Waals surface area contributed by atoms with Crippen molar-refractivity contribution in [3.05, 3.63) is 41.8 Å². The van der Waals surface area contributed by atoms with E-state index in [4.69, 9.17) is 5.10 Å². The second kappa shape index (κ2) is 5.81. The number of carbonyl (C=O) groups is 1. The van der Waals surface area contributed by atoms with E-state index in [1.807, 2.05) is 24.7 Å². The van der Waals surface area contributed by atoms with Crippen LogP contribution in [0.15, 0.2) is 30.3 Å². The van der Waals surface area contributed by atoms with Crippen molar-refractivity contribution in [3.8, 4) is 11.1 Å². The van der Waals surface area contributed by atoms with Crippen LogP contribution in [0, 0.1) is 5.82 Å². The number of carbonyl (C=O) groups excluding carboxylic acids is 1. The molecule has 1 aliphatic heterocycles. The molecule has 27 heavy (non-hydrogen) atoms. The zero-order valence-corrected chi connectivity index (χ0v) is 15.3. The number of halogens is 1. The first-order valence-corrected chi connectivity index (χ1v) is 9.37. The summed E-state index contributed by atoms with van der Waals surface area (Å²) < 4.78 is 16.3. The third-order valence-corrected chi connectivity index (χ3v) is 5.46. The van der Waals surface area contributed by atoms with Crippen LogP contribution in [0.1, 0.15) is 37.8 Å². The Hall–Kier alpha value is -2.89. The molecular weight excluding hydrogens is 343 g/mol. The van der Waals surface area contributed by atoms with Gasteiger partial charge in [-0.3, -0.25) is 9.48 Å². The van der Waals surface area contributed by atoms with Crippen molar-refractivity contribution < 1.29 is 9.18 Å². The molecule has 0 unspecified atom stereocenters. The third-order valence-electron chi connectivity index (χ3n) is 5.46. The van der Waals surface area contributed by atoms with Crippen molar-refractivity contribution in [1.29, 1.82) is 0 Å². The summed E-state index contributed by atoms with van der Waals surface area (Å²) in [6.07, 6.45) is 2.68. The average molecular weight is 364 g/mol. The number of anilines is 2. The van der Waals surface area contributed by atoms with Gasteiger partial charge in [0.05, 0.1) is 16.9 Å². The largest absolute Gasteiger partial charge is 0.380 e. The van der Waals surface area contributed by atoms with Gasteiger partial charge in [-0.2, -0.15) is 5.10 Å². The topological polar surface area (TPSA) is 59.0 Å². The molecule has 2 aliphatic rings. The minimum Gasteiger partial charge on any atom is -0.380 e. The zero-order valence-electron chi connectivity index (χ0n) is 15.3. The maximum absolute atomic E-state index is 14.4. The molecule has 138 valence electrons. The van der Waals surface area contributed by atoms with Gasteiger partial charge in [-0.15, -0.1) is 0 Å². The lowest BCUT2D eigenvalue weighted by atomic mass is 9.99. The SMILES string of the molecule is C[C@@H]1CC(=O)Nc2c(F)ccc(-c3ccc4c(c3)c(C3CC3)nn4C)c2N1. The summed E-state index contributed by atoms with van der Waals surface area (Å²) in [7, 11) is 1.97. The van der Waals surface area contributed by atoms with Crippen molar-refractivity contribution in [2.45, 2.75) is 38.1 Å². The molecule has 1 aromatic heterocycles. The van der Waals surface area contributed by atoms with Crippen molar-refractivity contribution in [2.75, 3.05) is 10.6 Å². The van der Waals surface area contributed by atoms with Crippen LogP contribution < -0.4 is 10.6 Å². The van der Waals surface area contributed by atoms with Crippen LogP contribution in [0.25, 0.3) is 22.0 Å². The second-order valence-electron chi connectivity index (χ2n) is 7.66. The summed E-state index contributed by atoms with van der Waals surface area (Å²) in [5.41, 5.74) is 5.00. The predicted molar refractivity (Wildman–Crippen MR) is 104 cm³/mol. The van der Waals surface area contributed by atoms with E-state index in [1.165, 1.54) is 18.9 Å². The van der Waals surface area contributed by atoms with E-state index in [9.17, 15) is 9.18 Å². The summed E-state index contributed by atoms with van der Waals surface area (Å²) in [6.45, 7) is 1.93. The Balaban J connectivity index is 1.70. The maximum atomic E-state index is 14.4. The van der Waals surface area contributed by atoms with Gasteiger partial charge in [-0.1, -0.05) is 6.07 Å². The number of benzene rings is 2. The van der Waals surface area contributed by atoms with Crippen molar-refractivity contribution in [2.24, 2.45) is 7.05 Å². The summed E-state index contributed by atoms with van der Waals surface area (Å²) in [6, 6.07) is 9.37. The number of amides is 1. The van der Waals surface area contributed by atoms with E-state index in [0.29, 0.717) is 18.0 Å². The number of aryl methyl sites for hydroxylation is 1. The lowest BCUT2D eigenvalue weighted by Crippen LogP contribution is -2.19. The summed E-state index contributed by atoms with van der Waals surface area (Å²) in [5.74, 6) is -0.0555. The Labute approximate surface area is 156 Å². The lowest BCUT2D eigenvalue weighted by Gasteiger charge is -2.17. The smallest absolute Gasteiger partial charge is 0.226 e. The predicted octanol–water partition coefficient (Wildman–Crippen LogP) is 4.40. The van der Waals surface area contributed by atoms with Gasteiger partial charge in [-0.25, -0.2) is 4.39 Å². The molecule has 2 heterocycles. The minimum atomic E-state index is -0.426. The highest BCUT2D eigenvalue weighted by molar-refractivity contribution is 6.01. The molecular formula is C21H21FN4O. The van der Waals surface area contributed by atoms with Gasteiger partial charge >= 0.3 is 0 Å². The monoisotopic (exact) mass is 364 g/mol. The first-order chi connectivity index (χ1) is 13.0. The number of hydrogen-bond donors (Lipinski definition) is 2. The van der Waals surface area contributed by atoms with Gasteiger partial charge in [-0.05, 0) is 49.6 Å². The molecule has 2 N–H and O–H groups in total. The minimum absolute atomic E-state index is 0.0732. The second-order valence-corrected chi connectivity index (χ2v) is 7.66. The van der Waals surface area contributed by atoms with Crippen LogP contribution in [0.2, 0.25) is 0 Å². The fourth-order valence-corrected chi connectivity index (χ4v) is 3.97. The molecule has 3 aromatic rings. The number of hydrogen-bond acceptors (Lipinski definition) is 3. The fourth-order valence-electron chi connectivity index (χ4n) is 3.97. The van der Waals surface area contributed by atoms with E-state index in [-0.39, 0.29) is 17.6 Å². The highest BCUT2D eigenvalue weighted by atomic mass is 19.1. The molecule has 1 aliphatic carbocycles. The normalized spacial score (nSPS) is 19.4. The Morgan fingerprint density at radius 1 is 1.19 bits per heavy atom. The van der Waals surface area contributed by atoms with Crippen LogP contribution in [-0.2, 0) is 11.8 Å². The molecule has 1 fully saturated rings. The highest BCUT2D eigenvalue weighted by Gasteiger charge is 2.29. The number of fused-ring (bicyclic) bond motifs is 2. The summed E-state index contributed by atoms with van der Waals surface area (Å²) in [4.78, 5) is 12.0. The van der Waals surface area contributed by atoms with Crippen LogP contribution in [-0.4, -0.2) is 21.7 Å². The first-order valence-electron chi connectivity index (χ1n) is 9.37. The molecule has 0 saturated heterocycles. The fraction of sp³-hybridized carbons (Fsp3) is 0.333. The molecule has 6 heteroatoms. The van der Waals surface area contributed by atoms with Gasteiger partial charge in [0.15, 0.2) is 0 Å². The number of rotatable bonds is 2. The molecule has 5 rings (SSSR count). The molecule has 0 radical (unpaired) electrons. The molecule has 1 saturated carbocycles. The molecule has 0 bridgehead atoms. The average Bonchev–Trinajstić information content (AvgIpc) is 3.43. The van der Waals surface area contributed by atoms with Gasteiger partial charge in [0.1, 0.15) is 11.5 Å². The quantitative estimate of drug-likeness (QED) is 0.709. The van der Waals surface area contributed by atoms with E-state index >= 15 is 0 Å². The van der Waals surface area contributed by atoms with Crippen molar-refractivity contribution in [3.63, 3.8) is 0 Å². The first kappa shape index (κ1) is 16.3. The summed E-state index contributed by atoms with van der Waals surface area (Å²) >= 11 is 0. The Morgan fingerprint density at radius 2 is 2.00 bits per heavy atom. The third kappa shape index (κ3) is 2.67. The molecule has 1 amide bonds. The molecule has 2 aromatic carbocycles. The van der Waals surface area contributed by atoms with E-state index in [2.05, 4.69) is 22.8 Å². The number of nitrogens with one attached hydrogen (secondary N) is 2. The number of nitrogens with zero attached hydrogens (tertiary/aromatic N) is 2. The number of aromatic nitrogens is 2. The Bertz CT molecular complexity index is 1080. The van der Waals surface area contributed by atoms with Gasteiger partial charge in [0, 0.05) is 36.4 Å². The van der Waals surface area contributed by atoms with Crippen LogP contribution in [0.4, 0.5) is 15.8 Å². The standard InChI is InChI=1S/C21H21FN4O/c1-11-9-18(27)24-21-16(22)7-6-14(20(21)23-11)13-5-8-17-15(10-13)19(12-3-4-12)25-26(17)2/h5-8,10-12,23H,3-4,9H2,1-2H3,(H,24,27)/t11-/m1/s1. The van der Waals surface area contributed by atoms with Crippen LogP contribution in [0.3, 0.4) is 0 Å². The van der Waals surface area contributed by atoms with Gasteiger partial charge in [0.2, 0.25) is 5.91 Å². The van der Waals surface area contributed by atoms with E-state index < -0.39 is 5.82 Å². The van der Waals surface area contributed by atoms with Crippen molar-refractivity contribution in [1.82, 2.24) is 9.78 Å². The maximum Gasteiger partial charge on any atom is 0.226 e.